The van der Waals surface area contributed by atoms with Crippen molar-refractivity contribution < 1.29 is 4.79 Å². The van der Waals surface area contributed by atoms with E-state index in [1.54, 1.807) is 0 Å². The summed E-state index contributed by atoms with van der Waals surface area (Å²) in [5.41, 5.74) is 5.05. The summed E-state index contributed by atoms with van der Waals surface area (Å²) in [4.78, 5) is 10.9. The van der Waals surface area contributed by atoms with E-state index in [1.165, 1.54) is 0 Å². The van der Waals surface area contributed by atoms with Crippen molar-refractivity contribution >= 4 is 22.8 Å². The van der Waals surface area contributed by atoms with Crippen LogP contribution in [0.4, 0.5) is 0 Å². The van der Waals surface area contributed by atoms with Gasteiger partial charge in [0.05, 0.1) is 5.75 Å². The summed E-state index contributed by atoms with van der Waals surface area (Å²) in [6.45, 7) is 0. The van der Waals surface area contributed by atoms with Crippen molar-refractivity contribution in [2.24, 2.45) is 5.73 Å². The first kappa shape index (κ1) is 8.39. The van der Waals surface area contributed by atoms with Gasteiger partial charge in [-0.2, -0.15) is 0 Å². The Labute approximate surface area is 69.4 Å². The van der Waals surface area contributed by atoms with E-state index >= 15 is 0 Å². The summed E-state index contributed by atoms with van der Waals surface area (Å²) in [5, 5.41) is 9.64. The molecule has 4 nitrogen and oxygen atoms in total. The van der Waals surface area contributed by atoms with E-state index in [-0.39, 0.29) is 16.8 Å². The van der Waals surface area contributed by atoms with Gasteiger partial charge in [-0.1, -0.05) is 11.8 Å². The molecule has 0 atom stereocenters. The highest BCUT2D eigenvalue weighted by Crippen LogP contribution is 2.18. The number of nitrogens with two attached hydrogens (primary N) is 1. The highest BCUT2D eigenvalue weighted by molar-refractivity contribution is 8.14. The van der Waals surface area contributed by atoms with Crippen LogP contribution in [0.5, 0.6) is 0 Å². The van der Waals surface area contributed by atoms with Gasteiger partial charge in [0.15, 0.2) is 5.17 Å². The van der Waals surface area contributed by atoms with Crippen molar-refractivity contribution in [3.05, 3.63) is 0 Å². The molecule has 0 heterocycles. The van der Waals surface area contributed by atoms with Gasteiger partial charge in [0, 0.05) is 6.04 Å². The van der Waals surface area contributed by atoms with Crippen molar-refractivity contribution in [3.8, 4) is 0 Å². The summed E-state index contributed by atoms with van der Waals surface area (Å²) in [7, 11) is 0. The number of hydrogen-bond donors (Lipinski definition) is 3. The Kier molecular flexibility index (Phi) is 2.76. The lowest BCUT2D eigenvalue weighted by Gasteiger charge is -2.00. The van der Waals surface area contributed by atoms with E-state index in [9.17, 15) is 4.79 Å². The number of rotatable bonds is 3. The van der Waals surface area contributed by atoms with E-state index in [0.29, 0.717) is 6.04 Å². The topological polar surface area (TPSA) is 79.0 Å². The fourth-order valence-electron chi connectivity index (χ4n) is 0.640. The first-order valence-corrected chi connectivity index (χ1v) is 4.43. The minimum Gasteiger partial charge on any atom is -0.379 e. The van der Waals surface area contributed by atoms with Crippen LogP contribution in [0.3, 0.4) is 0 Å². The van der Waals surface area contributed by atoms with E-state index in [1.807, 2.05) is 0 Å². The van der Waals surface area contributed by atoms with Gasteiger partial charge < -0.3 is 11.1 Å². The maximum absolute atomic E-state index is 10.9. The standard InChI is InChI=1S/C6H11N3OS/c7-6(8)11-3-5(10)9-4-1-2-4/h4H,1-3H2,(H3,7,8)(H,9,10). The molecular formula is C6H11N3OS. The second-order valence-electron chi connectivity index (χ2n) is 2.49. The van der Waals surface area contributed by atoms with Gasteiger partial charge in [0.2, 0.25) is 5.91 Å². The third-order valence-corrected chi connectivity index (χ3v) is 2.02. The van der Waals surface area contributed by atoms with Crippen molar-refractivity contribution in [3.63, 3.8) is 0 Å². The number of hydrogen-bond acceptors (Lipinski definition) is 3. The summed E-state index contributed by atoms with van der Waals surface area (Å²) >= 11 is 1.06. The molecule has 0 aromatic heterocycles. The molecular weight excluding hydrogens is 162 g/mol. The van der Waals surface area contributed by atoms with Crippen molar-refractivity contribution in [2.75, 3.05) is 5.75 Å². The van der Waals surface area contributed by atoms with Gasteiger partial charge in [-0.05, 0) is 12.8 Å². The van der Waals surface area contributed by atoms with Crippen LogP contribution in [-0.2, 0) is 4.79 Å². The SMILES string of the molecule is N=C(N)SCC(=O)NC1CC1. The average Bonchev–Trinajstić information content (AvgIpc) is 2.67. The maximum atomic E-state index is 10.9. The third-order valence-electron chi connectivity index (χ3n) is 1.30. The Hall–Kier alpha value is -0.710. The van der Waals surface area contributed by atoms with Crippen LogP contribution in [0.1, 0.15) is 12.8 Å². The predicted molar refractivity (Wildman–Crippen MR) is 45.5 cm³/mol. The summed E-state index contributed by atoms with van der Waals surface area (Å²) in [6.07, 6.45) is 2.19. The molecule has 11 heavy (non-hydrogen) atoms. The highest BCUT2D eigenvalue weighted by atomic mass is 32.2. The van der Waals surface area contributed by atoms with Crippen LogP contribution in [0.2, 0.25) is 0 Å². The monoisotopic (exact) mass is 173 g/mol. The summed E-state index contributed by atoms with van der Waals surface area (Å²) in [6, 6.07) is 0.398. The second kappa shape index (κ2) is 3.61. The quantitative estimate of drug-likeness (QED) is 0.411. The number of thioether (sulfide) groups is 1. The molecule has 0 saturated heterocycles. The second-order valence-corrected chi connectivity index (χ2v) is 3.51. The molecule has 1 amide bonds. The average molecular weight is 173 g/mol. The minimum absolute atomic E-state index is 0.00375. The molecule has 62 valence electrons. The van der Waals surface area contributed by atoms with Crippen molar-refractivity contribution in [2.45, 2.75) is 18.9 Å². The fourth-order valence-corrected chi connectivity index (χ4v) is 1.01. The molecule has 0 radical (unpaired) electrons. The lowest BCUT2D eigenvalue weighted by Crippen LogP contribution is -2.28. The molecule has 0 spiro atoms. The maximum Gasteiger partial charge on any atom is 0.230 e. The van der Waals surface area contributed by atoms with Crippen LogP contribution in [0.25, 0.3) is 0 Å². The normalized spacial score (nSPS) is 16.0. The van der Waals surface area contributed by atoms with Crippen LogP contribution >= 0.6 is 11.8 Å². The van der Waals surface area contributed by atoms with E-state index in [4.69, 9.17) is 11.1 Å². The first-order valence-electron chi connectivity index (χ1n) is 3.44. The smallest absolute Gasteiger partial charge is 0.230 e. The number of carbonyl (C=O) groups is 1. The van der Waals surface area contributed by atoms with Crippen molar-refractivity contribution in [1.82, 2.24) is 5.32 Å². The minimum atomic E-state index is -0.0206. The van der Waals surface area contributed by atoms with E-state index < -0.39 is 0 Å². The van der Waals surface area contributed by atoms with Gasteiger partial charge in [-0.25, -0.2) is 0 Å². The Bertz CT molecular complexity index is 179. The Morgan fingerprint density at radius 3 is 2.82 bits per heavy atom. The molecule has 0 bridgehead atoms. The Morgan fingerprint density at radius 2 is 2.36 bits per heavy atom. The molecule has 0 unspecified atom stereocenters. The number of amides is 1. The molecule has 5 heteroatoms. The molecule has 0 aromatic rings. The van der Waals surface area contributed by atoms with Gasteiger partial charge >= 0.3 is 0 Å². The lowest BCUT2D eigenvalue weighted by molar-refractivity contribution is -0.118. The molecule has 0 aliphatic heterocycles. The van der Waals surface area contributed by atoms with Crippen molar-refractivity contribution in [1.29, 1.82) is 5.41 Å². The Balaban J connectivity index is 2.04. The lowest BCUT2D eigenvalue weighted by atomic mass is 10.6. The largest absolute Gasteiger partial charge is 0.379 e. The zero-order valence-electron chi connectivity index (χ0n) is 6.09. The number of amidine groups is 1. The van der Waals surface area contributed by atoms with Gasteiger partial charge in [-0.15, -0.1) is 0 Å². The Morgan fingerprint density at radius 1 is 1.73 bits per heavy atom. The first-order chi connectivity index (χ1) is 5.18. The number of nitrogens with one attached hydrogen (secondary N) is 2. The molecule has 1 saturated carbocycles. The molecule has 1 fully saturated rings. The highest BCUT2D eigenvalue weighted by Gasteiger charge is 2.22. The zero-order valence-corrected chi connectivity index (χ0v) is 6.91. The van der Waals surface area contributed by atoms with Crippen LogP contribution < -0.4 is 11.1 Å². The fraction of sp³-hybridized carbons (Fsp3) is 0.667. The van der Waals surface area contributed by atoms with Crippen LogP contribution in [0, 0.1) is 5.41 Å². The predicted octanol–water partition coefficient (Wildman–Crippen LogP) is -0.108. The molecule has 1 rings (SSSR count). The molecule has 1 aliphatic rings. The van der Waals surface area contributed by atoms with Gasteiger partial charge in [0.1, 0.15) is 0 Å². The molecule has 0 aromatic carbocycles. The summed E-state index contributed by atoms with van der Waals surface area (Å²) < 4.78 is 0. The van der Waals surface area contributed by atoms with Gasteiger partial charge in [0.25, 0.3) is 0 Å². The van der Waals surface area contributed by atoms with Gasteiger partial charge in [-0.3, -0.25) is 10.2 Å². The van der Waals surface area contributed by atoms with E-state index in [0.717, 1.165) is 24.6 Å². The zero-order chi connectivity index (χ0) is 8.27. The van der Waals surface area contributed by atoms with Crippen LogP contribution in [0.15, 0.2) is 0 Å². The van der Waals surface area contributed by atoms with E-state index in [2.05, 4.69) is 5.32 Å². The molecule has 1 aliphatic carbocycles. The third kappa shape index (κ3) is 3.87. The van der Waals surface area contributed by atoms with Crippen LogP contribution in [-0.4, -0.2) is 22.9 Å². The molecule has 4 N–H and O–H groups in total. The number of carbonyl (C=O) groups excluding carboxylic acids is 1. The summed E-state index contributed by atoms with van der Waals surface area (Å²) in [5.74, 6) is 0.249.